The van der Waals surface area contributed by atoms with Crippen molar-refractivity contribution in [3.63, 3.8) is 0 Å². The van der Waals surface area contributed by atoms with E-state index in [1.807, 2.05) is 0 Å². The Kier molecular flexibility index (Phi) is 10.4. The van der Waals surface area contributed by atoms with Gasteiger partial charge in [0.05, 0.1) is 0 Å². The average Bonchev–Trinajstić information content (AvgIpc) is 2.50. The standard InChI is InChI=1S/C20H33/c1-3-5-7-8-9-12-16-19(15-11-6-4-2)20-17-13-10-14-18-20/h10,13-14,17,19H,3-9,11-12,15-16H2,1-2H3. The normalized spacial score (nSPS) is 12.5. The van der Waals surface area contributed by atoms with Crippen LogP contribution in [-0.4, -0.2) is 0 Å². The third kappa shape index (κ3) is 7.72. The highest BCUT2D eigenvalue weighted by atomic mass is 14.2. The lowest BCUT2D eigenvalue weighted by atomic mass is 9.88. The van der Waals surface area contributed by atoms with Crippen LogP contribution in [0.15, 0.2) is 24.3 Å². The minimum atomic E-state index is 0.744. The van der Waals surface area contributed by atoms with Crippen molar-refractivity contribution in [2.24, 2.45) is 0 Å². The molecule has 1 rings (SSSR count). The average molecular weight is 273 g/mol. The van der Waals surface area contributed by atoms with E-state index in [4.69, 9.17) is 0 Å². The monoisotopic (exact) mass is 273 g/mol. The summed E-state index contributed by atoms with van der Waals surface area (Å²) >= 11 is 0. The predicted molar refractivity (Wildman–Crippen MR) is 90.2 cm³/mol. The number of unbranched alkanes of at least 4 members (excludes halogenated alkanes) is 7. The molecule has 1 aromatic carbocycles. The topological polar surface area (TPSA) is 0 Å². The number of rotatable bonds is 12. The second kappa shape index (κ2) is 12.0. The van der Waals surface area contributed by atoms with Gasteiger partial charge in [0.25, 0.3) is 0 Å². The van der Waals surface area contributed by atoms with Gasteiger partial charge in [-0.25, -0.2) is 0 Å². The van der Waals surface area contributed by atoms with Crippen LogP contribution in [0.4, 0.5) is 0 Å². The molecule has 113 valence electrons. The summed E-state index contributed by atoms with van der Waals surface area (Å²) in [5.74, 6) is 0.744. The van der Waals surface area contributed by atoms with Crippen LogP contribution in [0.3, 0.4) is 0 Å². The Labute approximate surface area is 127 Å². The molecule has 0 aliphatic rings. The molecule has 0 amide bonds. The summed E-state index contributed by atoms with van der Waals surface area (Å²) in [7, 11) is 0. The fourth-order valence-electron chi connectivity index (χ4n) is 2.93. The molecule has 20 heavy (non-hydrogen) atoms. The number of benzene rings is 1. The van der Waals surface area contributed by atoms with E-state index in [2.05, 4.69) is 44.2 Å². The number of hydrogen-bond donors (Lipinski definition) is 0. The molecule has 0 saturated heterocycles. The molecule has 1 unspecified atom stereocenters. The Morgan fingerprint density at radius 3 is 2.05 bits per heavy atom. The molecular formula is C20H33. The van der Waals surface area contributed by atoms with Crippen molar-refractivity contribution in [2.45, 2.75) is 90.4 Å². The van der Waals surface area contributed by atoms with Crippen molar-refractivity contribution in [3.05, 3.63) is 35.9 Å². The van der Waals surface area contributed by atoms with E-state index in [-0.39, 0.29) is 0 Å². The van der Waals surface area contributed by atoms with Gasteiger partial charge in [0.15, 0.2) is 0 Å². The van der Waals surface area contributed by atoms with Gasteiger partial charge in [0.2, 0.25) is 0 Å². The lowest BCUT2D eigenvalue weighted by Gasteiger charge is -2.17. The van der Waals surface area contributed by atoms with E-state index < -0.39 is 0 Å². The van der Waals surface area contributed by atoms with Gasteiger partial charge in [-0.05, 0) is 30.4 Å². The zero-order chi connectivity index (χ0) is 14.5. The van der Waals surface area contributed by atoms with Gasteiger partial charge < -0.3 is 0 Å². The highest BCUT2D eigenvalue weighted by Gasteiger charge is 2.10. The van der Waals surface area contributed by atoms with Gasteiger partial charge in [-0.2, -0.15) is 0 Å². The summed E-state index contributed by atoms with van der Waals surface area (Å²) in [6, 6.07) is 12.0. The molecule has 0 aliphatic carbocycles. The first-order chi connectivity index (χ1) is 9.88. The smallest absolute Gasteiger partial charge is 0.0146 e. The van der Waals surface area contributed by atoms with Crippen LogP contribution in [0.5, 0.6) is 0 Å². The van der Waals surface area contributed by atoms with Crippen molar-refractivity contribution in [2.75, 3.05) is 0 Å². The molecule has 0 spiro atoms. The molecule has 0 nitrogen and oxygen atoms in total. The van der Waals surface area contributed by atoms with E-state index in [9.17, 15) is 0 Å². The van der Waals surface area contributed by atoms with Crippen LogP contribution in [-0.2, 0) is 0 Å². The maximum Gasteiger partial charge on any atom is -0.0146 e. The van der Waals surface area contributed by atoms with Crippen LogP contribution >= 0.6 is 0 Å². The maximum absolute atomic E-state index is 3.46. The zero-order valence-electron chi connectivity index (χ0n) is 13.7. The predicted octanol–water partition coefficient (Wildman–Crippen LogP) is 6.90. The van der Waals surface area contributed by atoms with Gasteiger partial charge in [0.1, 0.15) is 0 Å². The summed E-state index contributed by atoms with van der Waals surface area (Å²) in [6.07, 6.45) is 15.2. The molecule has 1 radical (unpaired) electrons. The first-order valence-electron chi connectivity index (χ1n) is 8.85. The molecule has 0 N–H and O–H groups in total. The second-order valence-electron chi connectivity index (χ2n) is 6.07. The summed E-state index contributed by atoms with van der Waals surface area (Å²) in [5, 5.41) is 0. The fraction of sp³-hybridized carbons (Fsp3) is 0.700. The minimum Gasteiger partial charge on any atom is -0.0654 e. The largest absolute Gasteiger partial charge is 0.0654 e. The summed E-state index contributed by atoms with van der Waals surface area (Å²) < 4.78 is 0. The summed E-state index contributed by atoms with van der Waals surface area (Å²) in [5.41, 5.74) is 1.44. The van der Waals surface area contributed by atoms with Gasteiger partial charge in [-0.3, -0.25) is 0 Å². The molecule has 0 saturated carbocycles. The lowest BCUT2D eigenvalue weighted by Crippen LogP contribution is -1.99. The molecule has 1 atom stereocenters. The van der Waals surface area contributed by atoms with E-state index >= 15 is 0 Å². The molecule has 0 heteroatoms. The molecule has 0 fully saturated rings. The van der Waals surface area contributed by atoms with Crippen molar-refractivity contribution in [3.8, 4) is 0 Å². The molecule has 0 aliphatic heterocycles. The quantitative estimate of drug-likeness (QED) is 0.363. The second-order valence-corrected chi connectivity index (χ2v) is 6.07. The fourth-order valence-corrected chi connectivity index (χ4v) is 2.93. The van der Waals surface area contributed by atoms with E-state index in [0.717, 1.165) is 5.92 Å². The Hall–Kier alpha value is -0.780. The Morgan fingerprint density at radius 2 is 1.40 bits per heavy atom. The third-order valence-electron chi connectivity index (χ3n) is 4.24. The van der Waals surface area contributed by atoms with Crippen molar-refractivity contribution in [1.82, 2.24) is 0 Å². The lowest BCUT2D eigenvalue weighted by molar-refractivity contribution is 0.495. The molecule has 0 heterocycles. The van der Waals surface area contributed by atoms with Crippen molar-refractivity contribution in [1.29, 1.82) is 0 Å². The van der Waals surface area contributed by atoms with Crippen LogP contribution in [0.25, 0.3) is 0 Å². The summed E-state index contributed by atoms with van der Waals surface area (Å²) in [6.45, 7) is 4.58. The molecule has 0 bridgehead atoms. The van der Waals surface area contributed by atoms with E-state index in [1.54, 1.807) is 0 Å². The Bertz CT molecular complexity index is 301. The van der Waals surface area contributed by atoms with Crippen LogP contribution in [0.2, 0.25) is 0 Å². The highest BCUT2D eigenvalue weighted by molar-refractivity contribution is 5.17. The maximum atomic E-state index is 3.46. The van der Waals surface area contributed by atoms with Gasteiger partial charge >= 0.3 is 0 Å². The van der Waals surface area contributed by atoms with Gasteiger partial charge in [-0.15, -0.1) is 0 Å². The van der Waals surface area contributed by atoms with Crippen LogP contribution < -0.4 is 0 Å². The Balaban J connectivity index is 2.31. The van der Waals surface area contributed by atoms with Crippen molar-refractivity contribution >= 4 is 0 Å². The summed E-state index contributed by atoms with van der Waals surface area (Å²) in [4.78, 5) is 0. The number of hydrogen-bond acceptors (Lipinski definition) is 0. The first kappa shape index (κ1) is 17.3. The molecule has 1 aromatic rings. The van der Waals surface area contributed by atoms with Crippen LogP contribution in [0, 0.1) is 6.07 Å². The van der Waals surface area contributed by atoms with Crippen molar-refractivity contribution < 1.29 is 0 Å². The van der Waals surface area contributed by atoms with Crippen LogP contribution in [0.1, 0.15) is 96.0 Å². The molecule has 0 aromatic heterocycles. The minimum absolute atomic E-state index is 0.744. The first-order valence-corrected chi connectivity index (χ1v) is 8.85. The highest BCUT2D eigenvalue weighted by Crippen LogP contribution is 2.28. The van der Waals surface area contributed by atoms with E-state index in [0.29, 0.717) is 0 Å². The molecular weight excluding hydrogens is 240 g/mol. The van der Waals surface area contributed by atoms with Gasteiger partial charge in [-0.1, -0.05) is 95.9 Å². The van der Waals surface area contributed by atoms with Gasteiger partial charge in [0, 0.05) is 0 Å². The third-order valence-corrected chi connectivity index (χ3v) is 4.24. The van der Waals surface area contributed by atoms with E-state index in [1.165, 1.54) is 76.2 Å². The SMILES string of the molecule is CCCCCCCCC(CCCCC)c1[c]cccc1. The zero-order valence-corrected chi connectivity index (χ0v) is 13.7. The Morgan fingerprint density at radius 1 is 0.800 bits per heavy atom.